The van der Waals surface area contributed by atoms with Crippen molar-refractivity contribution in [2.75, 3.05) is 0 Å². The van der Waals surface area contributed by atoms with Crippen LogP contribution in [0.2, 0.25) is 0 Å². The Balaban J connectivity index is 0. The smallest absolute Gasteiger partial charge is 0.0809 e. The molecule has 3 rings (SSSR count). The molecule has 0 nitrogen and oxygen atoms in total. The van der Waals surface area contributed by atoms with Crippen LogP contribution < -0.4 is 0 Å². The van der Waals surface area contributed by atoms with Crippen molar-refractivity contribution in [3.05, 3.63) is 66.3 Å². The molecule has 0 spiro atoms. The van der Waals surface area contributed by atoms with Crippen LogP contribution in [0, 0.1) is 13.0 Å². The summed E-state index contributed by atoms with van der Waals surface area (Å²) in [5.74, 6) is 0. The number of hydrogen-bond donors (Lipinski definition) is 0. The van der Waals surface area contributed by atoms with Gasteiger partial charge < -0.3 is 0 Å². The van der Waals surface area contributed by atoms with Gasteiger partial charge in [-0.2, -0.15) is 17.7 Å². The maximum absolute atomic E-state index is 2.99. The maximum Gasteiger partial charge on any atom is -0.0809 e. The molecule has 0 heterocycles. The number of rotatable bonds is 0. The molecule has 2 aromatic carbocycles. The Labute approximate surface area is 155 Å². The van der Waals surface area contributed by atoms with Gasteiger partial charge in [-0.25, -0.2) is 12.2 Å². The van der Waals surface area contributed by atoms with Gasteiger partial charge in [0, 0.05) is 0 Å². The fourth-order valence-corrected chi connectivity index (χ4v) is 1.65. The summed E-state index contributed by atoms with van der Waals surface area (Å²) in [5.41, 5.74) is 1.37. The molecule has 0 bridgehead atoms. The summed E-state index contributed by atoms with van der Waals surface area (Å²) in [6.07, 6.45) is 10.0. The molecule has 0 fully saturated rings. The van der Waals surface area contributed by atoms with Gasteiger partial charge in [-0.1, -0.05) is 13.0 Å². The molecule has 0 aromatic heterocycles. The molecule has 0 unspecified atom stereocenters. The van der Waals surface area contributed by atoms with E-state index in [1.165, 1.54) is 40.2 Å². The second-order valence-electron chi connectivity index (χ2n) is 4.61. The Bertz CT molecular complexity index is 566. The summed E-state index contributed by atoms with van der Waals surface area (Å²) in [7, 11) is 0. The molecule has 0 atom stereocenters. The van der Waals surface area contributed by atoms with E-state index in [1.807, 2.05) is 12.2 Å². The van der Waals surface area contributed by atoms with Crippen molar-refractivity contribution in [2.45, 2.75) is 27.2 Å². The molecule has 0 saturated heterocycles. The van der Waals surface area contributed by atoms with E-state index in [-0.39, 0.29) is 24.8 Å². The topological polar surface area (TPSA) is 0 Å². The van der Waals surface area contributed by atoms with Crippen molar-refractivity contribution in [3.8, 4) is 0 Å². The first-order valence-electron chi connectivity index (χ1n) is 6.46. The molecule has 1 aliphatic carbocycles. The van der Waals surface area contributed by atoms with Crippen molar-refractivity contribution < 1.29 is 23.9 Å². The molecule has 21 heavy (non-hydrogen) atoms. The molecule has 0 saturated carbocycles. The van der Waals surface area contributed by atoms with E-state index in [4.69, 9.17) is 0 Å². The minimum atomic E-state index is 0. The first-order chi connectivity index (χ1) is 9.11. The van der Waals surface area contributed by atoms with Gasteiger partial charge in [0.2, 0.25) is 0 Å². The predicted octanol–water partition coefficient (Wildman–Crippen LogP) is 5.76. The Morgan fingerprint density at radius 3 is 2.24 bits per heavy atom. The van der Waals surface area contributed by atoms with Gasteiger partial charge in [0.25, 0.3) is 0 Å². The molecule has 3 heteroatoms. The van der Waals surface area contributed by atoms with Crippen LogP contribution in [0.3, 0.4) is 0 Å². The molecule has 0 amide bonds. The molecule has 0 radical (unpaired) electrons. The van der Waals surface area contributed by atoms with E-state index < -0.39 is 0 Å². The monoisotopic (exact) mass is 488 g/mol. The summed E-state index contributed by atoms with van der Waals surface area (Å²) in [4.78, 5) is 0. The third kappa shape index (κ3) is 10.1. The molecule has 2 aromatic rings. The fraction of sp³-hybridized carbons (Fsp3) is 0.222. The van der Waals surface area contributed by atoms with Crippen molar-refractivity contribution in [1.29, 1.82) is 0 Å². The number of aryl methyl sites for hydroxylation is 1. The van der Waals surface area contributed by atoms with Crippen LogP contribution in [0.4, 0.5) is 0 Å². The summed E-state index contributed by atoms with van der Waals surface area (Å²) in [6.45, 7) is 6.43. The summed E-state index contributed by atoms with van der Waals surface area (Å²) in [6, 6.07) is 12.8. The third-order valence-electron chi connectivity index (χ3n) is 2.48. The van der Waals surface area contributed by atoms with Gasteiger partial charge in [0.15, 0.2) is 0 Å². The Morgan fingerprint density at radius 1 is 1.19 bits per heavy atom. The van der Waals surface area contributed by atoms with E-state index in [0.717, 1.165) is 6.42 Å². The SMILES string of the molecule is C[C](C)=[Hf+2].Cc1c[cH-]c2ccccc12.Cl.Cl.[C-]1=CC=CC1. The van der Waals surface area contributed by atoms with Crippen LogP contribution in [0.1, 0.15) is 25.8 Å². The molecular formula is C18H22Cl2Hf. The number of fused-ring (bicyclic) bond motifs is 1. The first kappa shape index (κ1) is 22.9. The van der Waals surface area contributed by atoms with Crippen molar-refractivity contribution in [3.63, 3.8) is 0 Å². The third-order valence-corrected chi connectivity index (χ3v) is 2.48. The second-order valence-corrected chi connectivity index (χ2v) is 8.20. The van der Waals surface area contributed by atoms with E-state index in [1.54, 1.807) is 3.26 Å². The Hall–Kier alpha value is -0.370. The van der Waals surface area contributed by atoms with Crippen LogP contribution in [-0.2, 0) is 23.9 Å². The minimum Gasteiger partial charge on any atom is -0.273 e. The molecule has 0 aliphatic heterocycles. The number of benzene rings is 1. The summed E-state index contributed by atoms with van der Waals surface area (Å²) in [5, 5.41) is 2.72. The predicted molar refractivity (Wildman–Crippen MR) is 96.7 cm³/mol. The number of allylic oxidation sites excluding steroid dienone is 4. The van der Waals surface area contributed by atoms with Crippen LogP contribution in [0.25, 0.3) is 10.8 Å². The first-order valence-corrected chi connectivity index (χ1v) is 8.25. The zero-order valence-corrected chi connectivity index (χ0v) is 17.9. The Kier molecular flexibility index (Phi) is 14.5. The van der Waals surface area contributed by atoms with Crippen LogP contribution in [0.5, 0.6) is 0 Å². The van der Waals surface area contributed by atoms with E-state index in [2.05, 4.69) is 69.3 Å². The quantitative estimate of drug-likeness (QED) is 0.327. The van der Waals surface area contributed by atoms with Gasteiger partial charge in [0.1, 0.15) is 0 Å². The normalized spacial score (nSPS) is 10.5. The van der Waals surface area contributed by atoms with Crippen LogP contribution >= 0.6 is 24.8 Å². The Morgan fingerprint density at radius 2 is 1.81 bits per heavy atom. The fourth-order valence-electron chi connectivity index (χ4n) is 1.65. The molecule has 1 aliphatic rings. The summed E-state index contributed by atoms with van der Waals surface area (Å²) >= 11 is 1.27. The van der Waals surface area contributed by atoms with Crippen molar-refractivity contribution >= 4 is 38.8 Å². The average molecular weight is 488 g/mol. The van der Waals surface area contributed by atoms with Crippen molar-refractivity contribution in [1.82, 2.24) is 0 Å². The van der Waals surface area contributed by atoms with Crippen LogP contribution in [-0.4, -0.2) is 3.26 Å². The van der Waals surface area contributed by atoms with Gasteiger partial charge >= 0.3 is 41.0 Å². The van der Waals surface area contributed by atoms with Crippen molar-refractivity contribution in [2.24, 2.45) is 0 Å². The summed E-state index contributed by atoms with van der Waals surface area (Å²) < 4.78 is 1.56. The van der Waals surface area contributed by atoms with Gasteiger partial charge in [-0.3, -0.25) is 6.08 Å². The van der Waals surface area contributed by atoms with Gasteiger partial charge in [0.05, 0.1) is 0 Å². The number of halogens is 2. The maximum atomic E-state index is 2.99. The largest absolute Gasteiger partial charge is 0.273 e. The second kappa shape index (κ2) is 13.3. The van der Waals surface area contributed by atoms with Crippen LogP contribution in [0.15, 0.2) is 54.6 Å². The van der Waals surface area contributed by atoms with Gasteiger partial charge in [-0.15, -0.1) is 66.3 Å². The van der Waals surface area contributed by atoms with E-state index in [0.29, 0.717) is 0 Å². The van der Waals surface area contributed by atoms with Gasteiger partial charge in [-0.05, 0) is 0 Å². The standard InChI is InChI=1S/C10H9.C5H5.C3H6.2ClH.Hf/c1-8-6-7-9-4-2-3-5-10(8)9;1-2-4-5-3-1;1-3-2;;;/h2-7H,1H3;1-3H,4H2;1-2H3;2*1H;/q2*-1;;;;+2. The zero-order valence-electron chi connectivity index (χ0n) is 12.7. The molecule has 0 N–H and O–H groups in total. The molecule has 112 valence electrons. The zero-order chi connectivity index (χ0) is 14.1. The average Bonchev–Trinajstić information content (AvgIpc) is 3.03. The van der Waals surface area contributed by atoms with E-state index >= 15 is 0 Å². The molecular weight excluding hydrogens is 466 g/mol. The van der Waals surface area contributed by atoms with E-state index in [9.17, 15) is 0 Å². The number of hydrogen-bond acceptors (Lipinski definition) is 0. The minimum absolute atomic E-state index is 0.